The van der Waals surface area contributed by atoms with E-state index >= 15 is 0 Å². The van der Waals surface area contributed by atoms with Crippen molar-refractivity contribution in [1.29, 1.82) is 0 Å². The minimum atomic E-state index is -0.967. The third kappa shape index (κ3) is 2.93. The van der Waals surface area contributed by atoms with Gasteiger partial charge in [-0.3, -0.25) is 14.1 Å². The van der Waals surface area contributed by atoms with Crippen LogP contribution in [0.1, 0.15) is 17.4 Å². The first-order chi connectivity index (χ1) is 8.99. The molecule has 0 aliphatic heterocycles. The minimum absolute atomic E-state index is 0.0979. The first-order valence-corrected chi connectivity index (χ1v) is 7.45. The number of hydrogen-bond donors (Lipinski definition) is 3. The summed E-state index contributed by atoms with van der Waals surface area (Å²) in [5.74, 6) is -0.297. The van der Waals surface area contributed by atoms with E-state index in [0.29, 0.717) is 23.3 Å². The number of H-pyrrole nitrogens is 1. The van der Waals surface area contributed by atoms with E-state index in [1.165, 1.54) is 0 Å². The zero-order chi connectivity index (χ0) is 14.0. The Bertz CT molecular complexity index is 638. The number of nitrogens with two attached hydrogens (primary N) is 1. The molecule has 0 radical (unpaired) electrons. The lowest BCUT2D eigenvalue weighted by Crippen LogP contribution is -2.32. The summed E-state index contributed by atoms with van der Waals surface area (Å²) in [6, 6.07) is 5.22. The molecule has 1 amide bonds. The van der Waals surface area contributed by atoms with Crippen molar-refractivity contribution in [1.82, 2.24) is 15.5 Å². The highest BCUT2D eigenvalue weighted by Gasteiger charge is 2.15. The first kappa shape index (κ1) is 13.5. The summed E-state index contributed by atoms with van der Waals surface area (Å²) in [7, 11) is -0.967. The lowest BCUT2D eigenvalue weighted by molar-refractivity contribution is 0.0950. The van der Waals surface area contributed by atoms with Crippen LogP contribution < -0.4 is 11.1 Å². The Morgan fingerprint density at radius 1 is 1.58 bits per heavy atom. The van der Waals surface area contributed by atoms with Gasteiger partial charge < -0.3 is 11.1 Å². The lowest BCUT2D eigenvalue weighted by atomic mass is 10.2. The Kier molecular flexibility index (Phi) is 3.84. The Hall–Kier alpha value is -1.89. The third-order valence-electron chi connectivity index (χ3n) is 2.92. The van der Waals surface area contributed by atoms with Crippen LogP contribution in [0.3, 0.4) is 0 Å². The summed E-state index contributed by atoms with van der Waals surface area (Å²) < 4.78 is 11.2. The maximum absolute atomic E-state index is 12.0. The fraction of sp³-hybridized carbons (Fsp3) is 0.333. The van der Waals surface area contributed by atoms with Gasteiger partial charge in [-0.2, -0.15) is 5.10 Å². The van der Waals surface area contributed by atoms with E-state index in [-0.39, 0.29) is 11.2 Å². The van der Waals surface area contributed by atoms with Crippen LogP contribution in [0.2, 0.25) is 0 Å². The van der Waals surface area contributed by atoms with Gasteiger partial charge >= 0.3 is 0 Å². The number of nitrogen functional groups attached to an aromatic ring is 1. The Morgan fingerprint density at radius 3 is 3.00 bits per heavy atom. The molecule has 2 atom stereocenters. The van der Waals surface area contributed by atoms with Crippen LogP contribution >= 0.6 is 0 Å². The molecule has 1 aromatic carbocycles. The average Bonchev–Trinajstić information content (AvgIpc) is 2.78. The number of aromatic amines is 1. The average molecular weight is 280 g/mol. The zero-order valence-corrected chi connectivity index (χ0v) is 11.6. The van der Waals surface area contributed by atoms with Crippen molar-refractivity contribution in [3.8, 4) is 0 Å². The predicted octanol–water partition coefficient (Wildman–Crippen LogP) is 0.642. The van der Waals surface area contributed by atoms with Crippen LogP contribution in [0.4, 0.5) is 5.69 Å². The molecule has 0 bridgehead atoms. The fourth-order valence-electron chi connectivity index (χ4n) is 1.64. The minimum Gasteiger partial charge on any atom is -0.399 e. The molecule has 0 aliphatic carbocycles. The van der Waals surface area contributed by atoms with Gasteiger partial charge in [0, 0.05) is 39.9 Å². The molecule has 19 heavy (non-hydrogen) atoms. The van der Waals surface area contributed by atoms with Gasteiger partial charge in [-0.25, -0.2) is 0 Å². The number of carbonyl (C=O) groups excluding carboxylic acids is 1. The van der Waals surface area contributed by atoms with E-state index in [2.05, 4.69) is 15.5 Å². The summed E-state index contributed by atoms with van der Waals surface area (Å²) in [5.41, 5.74) is 7.33. The lowest BCUT2D eigenvalue weighted by Gasteiger charge is -2.08. The summed E-state index contributed by atoms with van der Waals surface area (Å²) in [4.78, 5) is 12.0. The van der Waals surface area contributed by atoms with Crippen LogP contribution in [0.5, 0.6) is 0 Å². The SMILES string of the molecule is CC(CNC(=O)c1n[nH]c2ccc(N)cc12)S(C)=O. The molecule has 6 nitrogen and oxygen atoms in total. The smallest absolute Gasteiger partial charge is 0.272 e. The highest BCUT2D eigenvalue weighted by molar-refractivity contribution is 7.84. The Morgan fingerprint density at radius 2 is 2.32 bits per heavy atom. The molecule has 0 saturated carbocycles. The van der Waals surface area contributed by atoms with Crippen LogP contribution in [0.25, 0.3) is 10.9 Å². The molecule has 1 aromatic heterocycles. The molecule has 0 saturated heterocycles. The van der Waals surface area contributed by atoms with E-state index in [1.54, 1.807) is 24.5 Å². The van der Waals surface area contributed by atoms with E-state index in [4.69, 9.17) is 5.73 Å². The van der Waals surface area contributed by atoms with Gasteiger partial charge in [0.15, 0.2) is 5.69 Å². The van der Waals surface area contributed by atoms with Crippen molar-refractivity contribution < 1.29 is 9.00 Å². The van der Waals surface area contributed by atoms with Crippen LogP contribution in [0, 0.1) is 0 Å². The second kappa shape index (κ2) is 5.40. The molecule has 0 aliphatic rings. The maximum Gasteiger partial charge on any atom is 0.272 e. The molecule has 102 valence electrons. The summed E-state index contributed by atoms with van der Waals surface area (Å²) in [6.45, 7) is 2.16. The van der Waals surface area contributed by atoms with E-state index < -0.39 is 10.8 Å². The van der Waals surface area contributed by atoms with E-state index in [9.17, 15) is 9.00 Å². The van der Waals surface area contributed by atoms with Crippen LogP contribution in [0.15, 0.2) is 18.2 Å². The molecular formula is C12H16N4O2S. The van der Waals surface area contributed by atoms with Gasteiger partial charge in [0.05, 0.1) is 5.52 Å². The number of fused-ring (bicyclic) bond motifs is 1. The monoisotopic (exact) mass is 280 g/mol. The number of benzene rings is 1. The molecule has 7 heteroatoms. The van der Waals surface area contributed by atoms with Crippen molar-refractivity contribution in [3.63, 3.8) is 0 Å². The molecule has 1 heterocycles. The Labute approximate surface area is 113 Å². The largest absolute Gasteiger partial charge is 0.399 e. The van der Waals surface area contributed by atoms with Gasteiger partial charge in [-0.15, -0.1) is 0 Å². The van der Waals surface area contributed by atoms with Crippen molar-refractivity contribution >= 4 is 33.3 Å². The van der Waals surface area contributed by atoms with Crippen molar-refractivity contribution in [2.45, 2.75) is 12.2 Å². The molecule has 0 fully saturated rings. The highest BCUT2D eigenvalue weighted by atomic mass is 32.2. The van der Waals surface area contributed by atoms with Gasteiger partial charge in [0.1, 0.15) is 0 Å². The van der Waals surface area contributed by atoms with Gasteiger partial charge in [0.2, 0.25) is 0 Å². The number of aromatic nitrogens is 2. The quantitative estimate of drug-likeness (QED) is 0.715. The van der Waals surface area contributed by atoms with Gasteiger partial charge in [-0.05, 0) is 25.1 Å². The zero-order valence-electron chi connectivity index (χ0n) is 10.8. The number of carbonyl (C=O) groups is 1. The van der Waals surface area contributed by atoms with E-state index in [0.717, 1.165) is 5.52 Å². The number of nitrogens with zero attached hydrogens (tertiary/aromatic N) is 1. The topological polar surface area (TPSA) is 101 Å². The highest BCUT2D eigenvalue weighted by Crippen LogP contribution is 2.18. The molecule has 4 N–H and O–H groups in total. The molecule has 0 spiro atoms. The second-order valence-electron chi connectivity index (χ2n) is 4.40. The molecule has 2 unspecified atom stereocenters. The van der Waals surface area contributed by atoms with E-state index in [1.807, 2.05) is 6.92 Å². The number of hydrogen-bond acceptors (Lipinski definition) is 4. The second-order valence-corrected chi connectivity index (χ2v) is 6.20. The number of anilines is 1. The summed E-state index contributed by atoms with van der Waals surface area (Å²) >= 11 is 0. The Balaban J connectivity index is 2.17. The van der Waals surface area contributed by atoms with Crippen LogP contribution in [-0.4, -0.2) is 38.4 Å². The van der Waals surface area contributed by atoms with Crippen molar-refractivity contribution in [2.24, 2.45) is 0 Å². The first-order valence-electron chi connectivity index (χ1n) is 5.83. The molecular weight excluding hydrogens is 264 g/mol. The number of rotatable bonds is 4. The predicted molar refractivity (Wildman–Crippen MR) is 76.4 cm³/mol. The third-order valence-corrected chi connectivity index (χ3v) is 4.22. The number of nitrogens with one attached hydrogen (secondary N) is 2. The normalized spacial score (nSPS) is 14.2. The maximum atomic E-state index is 12.0. The van der Waals surface area contributed by atoms with Crippen LogP contribution in [-0.2, 0) is 10.8 Å². The molecule has 2 aromatic rings. The fourth-order valence-corrected chi connectivity index (χ4v) is 1.96. The number of amides is 1. The van der Waals surface area contributed by atoms with Crippen molar-refractivity contribution in [3.05, 3.63) is 23.9 Å². The summed E-state index contributed by atoms with van der Waals surface area (Å²) in [5, 5.41) is 10.1. The van der Waals surface area contributed by atoms with Crippen molar-refractivity contribution in [2.75, 3.05) is 18.5 Å². The van der Waals surface area contributed by atoms with Gasteiger partial charge in [-0.1, -0.05) is 0 Å². The summed E-state index contributed by atoms with van der Waals surface area (Å²) in [6.07, 6.45) is 1.61. The van der Waals surface area contributed by atoms with Gasteiger partial charge in [0.25, 0.3) is 5.91 Å². The standard InChI is InChI=1S/C12H16N4O2S/c1-7(19(2)18)6-14-12(17)11-9-5-8(13)3-4-10(9)15-16-11/h3-5,7H,6,13H2,1-2H3,(H,14,17)(H,15,16). The molecule has 2 rings (SSSR count).